The Balaban J connectivity index is 1.63. The van der Waals surface area contributed by atoms with Gasteiger partial charge in [-0.05, 0) is 55.7 Å². The van der Waals surface area contributed by atoms with Crippen molar-refractivity contribution in [1.29, 1.82) is 0 Å². The Morgan fingerprint density at radius 1 is 1.06 bits per heavy atom. The van der Waals surface area contributed by atoms with E-state index in [4.69, 9.17) is 4.98 Å². The summed E-state index contributed by atoms with van der Waals surface area (Å²) in [6, 6.07) is 22.0. The van der Waals surface area contributed by atoms with E-state index in [1.165, 1.54) is 10.4 Å². The van der Waals surface area contributed by atoms with E-state index in [0.717, 1.165) is 45.6 Å². The normalized spacial score (nSPS) is 11.6. The lowest BCUT2D eigenvalue weighted by molar-refractivity contribution is 0.0956. The molecule has 1 amide bonds. The highest BCUT2D eigenvalue weighted by molar-refractivity contribution is 7.15. The number of nitrogens with zero attached hydrogens (tertiary/aromatic N) is 2. The first-order chi connectivity index (χ1) is 15.0. The maximum absolute atomic E-state index is 13.1. The highest BCUT2D eigenvalue weighted by Gasteiger charge is 2.14. The summed E-state index contributed by atoms with van der Waals surface area (Å²) in [5.74, 6) is -0.241. The largest absolute Gasteiger partial charge is 0.272 e. The minimum atomic E-state index is -0.241. The fraction of sp³-hybridized carbons (Fsp3) is 0.192. The number of aromatic nitrogens is 1. The fourth-order valence-electron chi connectivity index (χ4n) is 3.52. The van der Waals surface area contributed by atoms with Crippen molar-refractivity contribution in [2.45, 2.75) is 33.6 Å². The van der Waals surface area contributed by atoms with E-state index in [-0.39, 0.29) is 5.91 Å². The number of fused-ring (bicyclic) bond motifs is 1. The van der Waals surface area contributed by atoms with Crippen molar-refractivity contribution in [1.82, 2.24) is 10.4 Å². The van der Waals surface area contributed by atoms with Crippen molar-refractivity contribution < 1.29 is 4.79 Å². The number of amides is 1. The van der Waals surface area contributed by atoms with Gasteiger partial charge in [-0.15, -0.1) is 11.3 Å². The first-order valence-corrected chi connectivity index (χ1v) is 11.3. The summed E-state index contributed by atoms with van der Waals surface area (Å²) in [6.45, 7) is 6.14. The Morgan fingerprint density at radius 2 is 1.84 bits per heavy atom. The van der Waals surface area contributed by atoms with Gasteiger partial charge in [0, 0.05) is 10.3 Å². The summed E-state index contributed by atoms with van der Waals surface area (Å²) in [5.41, 5.74) is 7.97. The fourth-order valence-corrected chi connectivity index (χ4v) is 4.35. The second-order valence-corrected chi connectivity index (χ2v) is 8.86. The predicted molar refractivity (Wildman–Crippen MR) is 130 cm³/mol. The minimum Gasteiger partial charge on any atom is -0.267 e. The van der Waals surface area contributed by atoms with Gasteiger partial charge in [-0.1, -0.05) is 55.8 Å². The molecular formula is C26H25N3OS. The van der Waals surface area contributed by atoms with E-state index in [9.17, 15) is 4.79 Å². The maximum Gasteiger partial charge on any atom is 0.272 e. The van der Waals surface area contributed by atoms with Gasteiger partial charge >= 0.3 is 0 Å². The molecule has 4 aromatic rings. The number of hydrazone groups is 1. The predicted octanol–water partition coefficient (Wildman–Crippen LogP) is 6.38. The van der Waals surface area contributed by atoms with Crippen LogP contribution >= 0.6 is 11.3 Å². The van der Waals surface area contributed by atoms with Crippen LogP contribution in [0.3, 0.4) is 0 Å². The van der Waals surface area contributed by atoms with Crippen LogP contribution in [0.1, 0.15) is 46.6 Å². The van der Waals surface area contributed by atoms with Gasteiger partial charge in [-0.2, -0.15) is 5.10 Å². The highest BCUT2D eigenvalue weighted by Crippen LogP contribution is 2.29. The maximum atomic E-state index is 13.1. The third-order valence-electron chi connectivity index (χ3n) is 5.19. The van der Waals surface area contributed by atoms with Crippen molar-refractivity contribution >= 4 is 33.9 Å². The third kappa shape index (κ3) is 4.72. The van der Waals surface area contributed by atoms with Crippen molar-refractivity contribution in [2.75, 3.05) is 0 Å². The second-order valence-electron chi connectivity index (χ2n) is 7.57. The first-order valence-electron chi connectivity index (χ1n) is 10.5. The molecule has 2 heterocycles. The van der Waals surface area contributed by atoms with E-state index < -0.39 is 0 Å². The van der Waals surface area contributed by atoms with Gasteiger partial charge < -0.3 is 0 Å². The van der Waals surface area contributed by atoms with Crippen molar-refractivity contribution in [2.24, 2.45) is 5.10 Å². The molecule has 0 bridgehead atoms. The number of aryl methyl sites for hydroxylation is 2. The van der Waals surface area contributed by atoms with E-state index in [0.29, 0.717) is 5.56 Å². The van der Waals surface area contributed by atoms with E-state index in [1.807, 2.05) is 43.3 Å². The standard InChI is InChI=1S/C26H25N3OS/c1-4-7-19-11-13-20(14-12-19)18(3)28-29-26(30)22-16-24(25-15-10-17(2)31-25)27-23-9-6-5-8-21(22)23/h5-6,8-16H,4,7H2,1-3H3,(H,29,30)/b28-18+. The zero-order chi connectivity index (χ0) is 21.8. The highest BCUT2D eigenvalue weighted by atomic mass is 32.1. The molecule has 5 heteroatoms. The number of para-hydroxylation sites is 1. The SMILES string of the molecule is CCCc1ccc(/C(C)=N/NC(=O)c2cc(-c3ccc(C)s3)nc3ccccc23)cc1. The van der Waals surface area contributed by atoms with Crippen LogP contribution in [-0.2, 0) is 6.42 Å². The average Bonchev–Trinajstić information content (AvgIpc) is 3.23. The van der Waals surface area contributed by atoms with Crippen LogP contribution in [-0.4, -0.2) is 16.6 Å². The number of carbonyl (C=O) groups excluding carboxylic acids is 1. The van der Waals surface area contributed by atoms with Crippen LogP contribution in [0, 0.1) is 6.92 Å². The Morgan fingerprint density at radius 3 is 2.55 bits per heavy atom. The molecule has 2 aromatic heterocycles. The zero-order valence-electron chi connectivity index (χ0n) is 18.0. The van der Waals surface area contributed by atoms with Crippen LogP contribution < -0.4 is 5.43 Å². The quantitative estimate of drug-likeness (QED) is 0.287. The molecular weight excluding hydrogens is 402 g/mol. The Hall–Kier alpha value is -3.31. The second kappa shape index (κ2) is 9.23. The Kier molecular flexibility index (Phi) is 6.23. The first kappa shape index (κ1) is 20.9. The van der Waals surface area contributed by atoms with Gasteiger partial charge in [0.2, 0.25) is 0 Å². The number of hydrogen-bond acceptors (Lipinski definition) is 4. The molecule has 4 rings (SSSR count). The molecule has 156 valence electrons. The molecule has 2 aromatic carbocycles. The summed E-state index contributed by atoms with van der Waals surface area (Å²) in [6.07, 6.45) is 2.18. The molecule has 0 saturated heterocycles. The lowest BCUT2D eigenvalue weighted by Crippen LogP contribution is -2.20. The summed E-state index contributed by atoms with van der Waals surface area (Å²) < 4.78 is 0. The number of pyridine rings is 1. The number of rotatable bonds is 6. The average molecular weight is 428 g/mol. The molecule has 0 aliphatic carbocycles. The molecule has 0 radical (unpaired) electrons. The molecule has 4 nitrogen and oxygen atoms in total. The van der Waals surface area contributed by atoms with E-state index >= 15 is 0 Å². The number of thiophene rings is 1. The minimum absolute atomic E-state index is 0.241. The molecule has 0 spiro atoms. The van der Waals surface area contributed by atoms with Crippen molar-refractivity contribution in [3.05, 3.63) is 88.3 Å². The van der Waals surface area contributed by atoms with E-state index in [2.05, 4.69) is 54.7 Å². The van der Waals surface area contributed by atoms with Crippen molar-refractivity contribution in [3.8, 4) is 10.6 Å². The summed E-state index contributed by atoms with van der Waals surface area (Å²) in [5, 5.41) is 5.17. The monoisotopic (exact) mass is 427 g/mol. The van der Waals surface area contributed by atoms with Gasteiger partial charge in [0.15, 0.2) is 0 Å². The van der Waals surface area contributed by atoms with Crippen LogP contribution in [0.15, 0.2) is 71.8 Å². The third-order valence-corrected chi connectivity index (χ3v) is 6.21. The molecule has 0 unspecified atom stereocenters. The Labute approximate surface area is 186 Å². The smallest absolute Gasteiger partial charge is 0.267 e. The van der Waals surface area contributed by atoms with Gasteiger partial charge in [0.05, 0.1) is 27.4 Å². The van der Waals surface area contributed by atoms with Crippen LogP contribution in [0.4, 0.5) is 0 Å². The number of carbonyl (C=O) groups is 1. The van der Waals surface area contributed by atoms with Crippen LogP contribution in [0.2, 0.25) is 0 Å². The van der Waals surface area contributed by atoms with Crippen LogP contribution in [0.25, 0.3) is 21.5 Å². The molecule has 0 atom stereocenters. The van der Waals surface area contributed by atoms with Gasteiger partial charge in [0.1, 0.15) is 0 Å². The number of nitrogens with one attached hydrogen (secondary N) is 1. The zero-order valence-corrected chi connectivity index (χ0v) is 18.8. The molecule has 0 fully saturated rings. The topological polar surface area (TPSA) is 54.4 Å². The van der Waals surface area contributed by atoms with E-state index in [1.54, 1.807) is 11.3 Å². The molecule has 0 aliphatic rings. The Bertz CT molecular complexity index is 1260. The summed E-state index contributed by atoms with van der Waals surface area (Å²) in [4.78, 5) is 20.1. The molecule has 1 N–H and O–H groups in total. The lowest BCUT2D eigenvalue weighted by Gasteiger charge is -2.09. The summed E-state index contributed by atoms with van der Waals surface area (Å²) in [7, 11) is 0. The van der Waals surface area contributed by atoms with Gasteiger partial charge in [-0.25, -0.2) is 10.4 Å². The molecule has 0 saturated carbocycles. The lowest BCUT2D eigenvalue weighted by atomic mass is 10.1. The molecule has 0 aliphatic heterocycles. The summed E-state index contributed by atoms with van der Waals surface area (Å²) >= 11 is 1.67. The van der Waals surface area contributed by atoms with Crippen molar-refractivity contribution in [3.63, 3.8) is 0 Å². The molecule has 31 heavy (non-hydrogen) atoms. The number of benzene rings is 2. The number of hydrogen-bond donors (Lipinski definition) is 1. The van der Waals surface area contributed by atoms with Gasteiger partial charge in [-0.3, -0.25) is 4.79 Å². The van der Waals surface area contributed by atoms with Crippen LogP contribution in [0.5, 0.6) is 0 Å². The van der Waals surface area contributed by atoms with Gasteiger partial charge in [0.25, 0.3) is 5.91 Å².